The van der Waals surface area contributed by atoms with Crippen molar-refractivity contribution >= 4 is 58.2 Å². The number of hydrogen-bond acceptors (Lipinski definition) is 4. The van der Waals surface area contributed by atoms with Gasteiger partial charge in [0.2, 0.25) is 5.91 Å². The molecule has 1 fully saturated rings. The van der Waals surface area contributed by atoms with E-state index in [2.05, 4.69) is 39.1 Å². The highest BCUT2D eigenvalue weighted by Gasteiger charge is 2.43. The Balaban J connectivity index is 1.40. The highest BCUT2D eigenvalue weighted by molar-refractivity contribution is 7.99. The molecule has 4 rings (SSSR count). The maximum Gasteiger partial charge on any atom is 0.234 e. The van der Waals surface area contributed by atoms with E-state index >= 15 is 0 Å². The molecule has 9 heteroatoms. The van der Waals surface area contributed by atoms with Gasteiger partial charge in [0.1, 0.15) is 5.82 Å². The molecular formula is C21H19Cl3N4OS. The van der Waals surface area contributed by atoms with Crippen molar-refractivity contribution in [2.45, 2.75) is 36.9 Å². The van der Waals surface area contributed by atoms with Crippen LogP contribution in [0.4, 0.5) is 5.69 Å². The fraction of sp³-hybridized carbons (Fsp3) is 0.286. The van der Waals surface area contributed by atoms with Gasteiger partial charge in [-0.2, -0.15) is 0 Å². The normalized spacial score (nSPS) is 17.7. The summed E-state index contributed by atoms with van der Waals surface area (Å²) >= 11 is 19.4. The smallest absolute Gasteiger partial charge is 0.234 e. The molecule has 156 valence electrons. The van der Waals surface area contributed by atoms with Gasteiger partial charge >= 0.3 is 0 Å². The zero-order valence-corrected chi connectivity index (χ0v) is 19.2. The van der Waals surface area contributed by atoms with Crippen molar-refractivity contribution in [3.63, 3.8) is 0 Å². The highest BCUT2D eigenvalue weighted by Crippen LogP contribution is 2.54. The van der Waals surface area contributed by atoms with Crippen LogP contribution in [0.1, 0.15) is 36.6 Å². The SMILES string of the molecule is CCn1c(SCC(=O)Nc2cc(Cl)ccc2Cl)nnc1[C@H]1C[C@@H]1c1ccc(Cl)cc1. The molecule has 0 spiro atoms. The molecule has 1 N–H and O–H groups in total. The molecule has 3 aromatic rings. The van der Waals surface area contributed by atoms with Gasteiger partial charge in [-0.05, 0) is 55.2 Å². The Hall–Kier alpha value is -1.73. The van der Waals surface area contributed by atoms with Crippen molar-refractivity contribution in [2.75, 3.05) is 11.1 Å². The predicted molar refractivity (Wildman–Crippen MR) is 123 cm³/mol. The second-order valence-corrected chi connectivity index (χ2v) is 9.27. The van der Waals surface area contributed by atoms with Crippen molar-refractivity contribution < 1.29 is 4.79 Å². The van der Waals surface area contributed by atoms with Crippen LogP contribution in [0.2, 0.25) is 15.1 Å². The first-order chi connectivity index (χ1) is 14.5. The second kappa shape index (κ2) is 9.18. The Morgan fingerprint density at radius 2 is 1.83 bits per heavy atom. The summed E-state index contributed by atoms with van der Waals surface area (Å²) in [6.45, 7) is 2.80. The van der Waals surface area contributed by atoms with Gasteiger partial charge in [-0.15, -0.1) is 10.2 Å². The molecule has 2 aromatic carbocycles. The lowest BCUT2D eigenvalue weighted by Crippen LogP contribution is -2.15. The molecule has 0 bridgehead atoms. The van der Waals surface area contributed by atoms with E-state index in [4.69, 9.17) is 34.8 Å². The first-order valence-corrected chi connectivity index (χ1v) is 11.6. The number of thioether (sulfide) groups is 1. The second-order valence-electron chi connectivity index (χ2n) is 7.05. The summed E-state index contributed by atoms with van der Waals surface area (Å²) in [4.78, 5) is 12.4. The van der Waals surface area contributed by atoms with E-state index in [1.54, 1.807) is 18.2 Å². The monoisotopic (exact) mass is 480 g/mol. The van der Waals surface area contributed by atoms with Crippen molar-refractivity contribution in [3.05, 3.63) is 68.9 Å². The predicted octanol–water partition coefficient (Wildman–Crippen LogP) is 6.26. The average Bonchev–Trinajstić information content (AvgIpc) is 3.41. The molecule has 30 heavy (non-hydrogen) atoms. The Morgan fingerprint density at radius 1 is 1.10 bits per heavy atom. The first-order valence-electron chi connectivity index (χ1n) is 9.52. The zero-order valence-electron chi connectivity index (χ0n) is 16.1. The first kappa shape index (κ1) is 21.5. The number of rotatable bonds is 7. The summed E-state index contributed by atoms with van der Waals surface area (Å²) < 4.78 is 2.09. The Morgan fingerprint density at radius 3 is 2.57 bits per heavy atom. The van der Waals surface area contributed by atoms with E-state index in [1.807, 2.05) is 12.1 Å². The molecule has 1 heterocycles. The number of amides is 1. The third kappa shape index (κ3) is 4.78. The largest absolute Gasteiger partial charge is 0.324 e. The Kier molecular flexibility index (Phi) is 6.58. The number of carbonyl (C=O) groups is 1. The van der Waals surface area contributed by atoms with Gasteiger partial charge in [-0.25, -0.2) is 0 Å². The molecule has 0 aliphatic heterocycles. The summed E-state index contributed by atoms with van der Waals surface area (Å²) in [5.41, 5.74) is 1.76. The number of nitrogens with zero attached hydrogens (tertiary/aromatic N) is 3. The van der Waals surface area contributed by atoms with Crippen LogP contribution < -0.4 is 5.32 Å². The molecule has 1 aromatic heterocycles. The Bertz CT molecular complexity index is 1070. The Labute approximate surface area is 194 Å². The summed E-state index contributed by atoms with van der Waals surface area (Å²) in [6.07, 6.45) is 1.04. The molecule has 1 amide bonds. The van der Waals surface area contributed by atoms with Crippen LogP contribution in [0.15, 0.2) is 47.6 Å². The van der Waals surface area contributed by atoms with Gasteiger partial charge in [-0.3, -0.25) is 4.79 Å². The van der Waals surface area contributed by atoms with Gasteiger partial charge in [0.05, 0.1) is 16.5 Å². The van der Waals surface area contributed by atoms with Gasteiger partial charge < -0.3 is 9.88 Å². The molecule has 1 aliphatic rings. The molecule has 1 aliphatic carbocycles. The average molecular weight is 482 g/mol. The van der Waals surface area contributed by atoms with Crippen LogP contribution in [0.5, 0.6) is 0 Å². The minimum Gasteiger partial charge on any atom is -0.324 e. The number of benzene rings is 2. The number of carbonyl (C=O) groups excluding carboxylic acids is 1. The van der Waals surface area contributed by atoms with E-state index in [-0.39, 0.29) is 11.7 Å². The maximum atomic E-state index is 12.4. The molecule has 2 atom stereocenters. The fourth-order valence-corrected chi connectivity index (χ4v) is 4.72. The van der Waals surface area contributed by atoms with Gasteiger partial charge in [0.15, 0.2) is 5.16 Å². The van der Waals surface area contributed by atoms with Crippen LogP contribution in [0, 0.1) is 0 Å². The van der Waals surface area contributed by atoms with E-state index in [0.29, 0.717) is 27.6 Å². The molecule has 0 radical (unpaired) electrons. The number of aromatic nitrogens is 3. The molecular weight excluding hydrogens is 463 g/mol. The summed E-state index contributed by atoms with van der Waals surface area (Å²) in [5.74, 6) is 1.77. The van der Waals surface area contributed by atoms with Gasteiger partial charge in [0, 0.05) is 22.5 Å². The van der Waals surface area contributed by atoms with Crippen molar-refractivity contribution in [2.24, 2.45) is 0 Å². The minimum absolute atomic E-state index is 0.179. The van der Waals surface area contributed by atoms with Crippen LogP contribution in [0.3, 0.4) is 0 Å². The van der Waals surface area contributed by atoms with Crippen LogP contribution in [0.25, 0.3) is 0 Å². The standard InChI is InChI=1S/C21H19Cl3N4OS/c1-2-28-20(16-10-15(16)12-3-5-13(22)6-4-12)26-27-21(28)30-11-19(29)25-18-9-14(23)7-8-17(18)24/h3-9,15-16H,2,10-11H2,1H3,(H,25,29)/t15-,16+/m1/s1. The van der Waals surface area contributed by atoms with Crippen molar-refractivity contribution in [1.82, 2.24) is 14.8 Å². The topological polar surface area (TPSA) is 59.8 Å². The number of halogens is 3. The van der Waals surface area contributed by atoms with Gasteiger partial charge in [-0.1, -0.05) is 58.7 Å². The van der Waals surface area contributed by atoms with E-state index < -0.39 is 0 Å². The van der Waals surface area contributed by atoms with E-state index in [9.17, 15) is 4.79 Å². The highest BCUT2D eigenvalue weighted by atomic mass is 35.5. The molecule has 1 saturated carbocycles. The van der Waals surface area contributed by atoms with E-state index in [0.717, 1.165) is 29.0 Å². The maximum absolute atomic E-state index is 12.4. The third-order valence-electron chi connectivity index (χ3n) is 5.02. The minimum atomic E-state index is -0.179. The zero-order chi connectivity index (χ0) is 21.3. The van der Waals surface area contributed by atoms with Crippen molar-refractivity contribution in [3.8, 4) is 0 Å². The molecule has 0 saturated heterocycles. The summed E-state index contributed by atoms with van der Waals surface area (Å²) in [5, 5.41) is 14.0. The number of nitrogens with one attached hydrogen (secondary N) is 1. The van der Waals surface area contributed by atoms with Crippen molar-refractivity contribution in [1.29, 1.82) is 0 Å². The lowest BCUT2D eigenvalue weighted by molar-refractivity contribution is -0.113. The lowest BCUT2D eigenvalue weighted by atomic mass is 10.1. The number of hydrogen-bond donors (Lipinski definition) is 1. The number of anilines is 1. The van der Waals surface area contributed by atoms with Crippen LogP contribution in [-0.4, -0.2) is 26.4 Å². The van der Waals surface area contributed by atoms with E-state index in [1.165, 1.54) is 17.3 Å². The van der Waals surface area contributed by atoms with Gasteiger partial charge in [0.25, 0.3) is 0 Å². The summed E-state index contributed by atoms with van der Waals surface area (Å²) in [7, 11) is 0. The summed E-state index contributed by atoms with van der Waals surface area (Å²) in [6, 6.07) is 12.9. The van der Waals surface area contributed by atoms with Crippen LogP contribution in [-0.2, 0) is 11.3 Å². The fourth-order valence-electron chi connectivity index (χ4n) is 3.45. The third-order valence-corrected chi connectivity index (χ3v) is 6.80. The molecule has 0 unspecified atom stereocenters. The lowest BCUT2D eigenvalue weighted by Gasteiger charge is -2.09. The molecule has 5 nitrogen and oxygen atoms in total. The van der Waals surface area contributed by atoms with Crippen LogP contribution >= 0.6 is 46.6 Å². The quantitative estimate of drug-likeness (QED) is 0.405.